The molecule has 0 unspecified atom stereocenters. The van der Waals surface area contributed by atoms with Crippen LogP contribution < -0.4 is 4.31 Å². The molecular weight excluding hydrogens is 352 g/mol. The van der Waals surface area contributed by atoms with Gasteiger partial charge in [0.2, 0.25) is 0 Å². The summed E-state index contributed by atoms with van der Waals surface area (Å²) in [6.45, 7) is 3.64. The third kappa shape index (κ3) is 2.82. The number of halogens is 1. The van der Waals surface area contributed by atoms with Gasteiger partial charge in [-0.25, -0.2) is 13.4 Å². The molecule has 0 aliphatic rings. The number of rotatable bonds is 3. The lowest BCUT2D eigenvalue weighted by atomic mass is 10.2. The Kier molecular flexibility index (Phi) is 4.08. The zero-order valence-electron chi connectivity index (χ0n) is 12.9. The van der Waals surface area contributed by atoms with Gasteiger partial charge in [0, 0.05) is 12.1 Å². The van der Waals surface area contributed by atoms with E-state index in [1.807, 2.05) is 13.0 Å². The van der Waals surface area contributed by atoms with Crippen LogP contribution in [-0.4, -0.2) is 20.4 Å². The van der Waals surface area contributed by atoms with Crippen LogP contribution in [0.4, 0.5) is 5.69 Å². The number of sulfonamides is 1. The second-order valence-corrected chi connectivity index (χ2v) is 8.80. The van der Waals surface area contributed by atoms with Gasteiger partial charge in [0.15, 0.2) is 0 Å². The second-order valence-electron chi connectivity index (χ2n) is 5.22. The van der Waals surface area contributed by atoms with E-state index in [2.05, 4.69) is 4.98 Å². The predicted molar refractivity (Wildman–Crippen MR) is 96.1 cm³/mol. The molecule has 0 aliphatic carbocycles. The summed E-state index contributed by atoms with van der Waals surface area (Å²) in [6, 6.07) is 10.4. The highest BCUT2D eigenvalue weighted by molar-refractivity contribution is 7.92. The lowest BCUT2D eigenvalue weighted by molar-refractivity contribution is 0.594. The van der Waals surface area contributed by atoms with Crippen molar-refractivity contribution in [2.24, 2.45) is 0 Å². The molecule has 0 amide bonds. The fourth-order valence-corrected chi connectivity index (χ4v) is 4.85. The number of hydrogen-bond donors (Lipinski definition) is 0. The van der Waals surface area contributed by atoms with E-state index in [0.29, 0.717) is 16.3 Å². The molecular formula is C16H15ClN2O2S2. The zero-order chi connectivity index (χ0) is 16.8. The van der Waals surface area contributed by atoms with E-state index in [1.54, 1.807) is 48.6 Å². The molecule has 3 aromatic rings. The summed E-state index contributed by atoms with van der Waals surface area (Å²) in [4.78, 5) is 4.63. The average Bonchev–Trinajstić information content (AvgIpc) is 2.88. The van der Waals surface area contributed by atoms with Crippen LogP contribution in [0.3, 0.4) is 0 Å². The molecule has 0 N–H and O–H groups in total. The minimum atomic E-state index is -3.68. The van der Waals surface area contributed by atoms with Crippen LogP contribution in [0, 0.1) is 13.8 Å². The fourth-order valence-electron chi connectivity index (χ4n) is 2.38. The highest BCUT2D eigenvalue weighted by Gasteiger charge is 2.24. The minimum absolute atomic E-state index is 0.210. The first-order chi connectivity index (χ1) is 10.8. The van der Waals surface area contributed by atoms with Gasteiger partial charge < -0.3 is 0 Å². The molecule has 0 aliphatic heterocycles. The van der Waals surface area contributed by atoms with Gasteiger partial charge in [0.05, 0.1) is 25.8 Å². The van der Waals surface area contributed by atoms with Gasteiger partial charge in [-0.2, -0.15) is 0 Å². The SMILES string of the molecule is Cc1nc2cc(N(C)S(=O)(=O)c3cccc(Cl)c3C)ccc2s1. The first-order valence-electron chi connectivity index (χ1n) is 6.92. The van der Waals surface area contributed by atoms with E-state index in [4.69, 9.17) is 11.6 Å². The van der Waals surface area contributed by atoms with Gasteiger partial charge in [-0.1, -0.05) is 17.7 Å². The predicted octanol–water partition coefficient (Wildman–Crippen LogP) is 4.39. The van der Waals surface area contributed by atoms with Gasteiger partial charge in [-0.15, -0.1) is 11.3 Å². The Morgan fingerprint density at radius 1 is 1.17 bits per heavy atom. The van der Waals surface area contributed by atoms with Crippen molar-refractivity contribution < 1.29 is 8.42 Å². The number of thiazole rings is 1. The Bertz CT molecular complexity index is 996. The molecule has 1 aromatic heterocycles. The highest BCUT2D eigenvalue weighted by Crippen LogP contribution is 2.30. The van der Waals surface area contributed by atoms with Crippen LogP contribution in [-0.2, 0) is 10.0 Å². The third-order valence-corrected chi connectivity index (χ3v) is 6.99. The van der Waals surface area contributed by atoms with Crippen LogP contribution in [0.5, 0.6) is 0 Å². The lowest BCUT2D eigenvalue weighted by Crippen LogP contribution is -2.27. The van der Waals surface area contributed by atoms with E-state index >= 15 is 0 Å². The average molecular weight is 367 g/mol. The molecule has 0 fully saturated rings. The Labute approximate surface area is 144 Å². The number of aromatic nitrogens is 1. The topological polar surface area (TPSA) is 50.3 Å². The Balaban J connectivity index is 2.09. The maximum Gasteiger partial charge on any atom is 0.264 e. The summed E-state index contributed by atoms with van der Waals surface area (Å²) in [5.41, 5.74) is 1.92. The van der Waals surface area contributed by atoms with Crippen molar-refractivity contribution in [2.75, 3.05) is 11.4 Å². The van der Waals surface area contributed by atoms with E-state index in [-0.39, 0.29) is 4.90 Å². The van der Waals surface area contributed by atoms with Crippen LogP contribution in [0.2, 0.25) is 5.02 Å². The molecule has 7 heteroatoms. The molecule has 0 radical (unpaired) electrons. The van der Waals surface area contributed by atoms with E-state index in [1.165, 1.54) is 11.4 Å². The van der Waals surface area contributed by atoms with Crippen molar-refractivity contribution in [3.63, 3.8) is 0 Å². The minimum Gasteiger partial charge on any atom is -0.269 e. The Hall–Kier alpha value is -1.63. The number of anilines is 1. The molecule has 0 spiro atoms. The summed E-state index contributed by atoms with van der Waals surface area (Å²) >= 11 is 7.64. The van der Waals surface area contributed by atoms with Gasteiger partial charge in [0.1, 0.15) is 0 Å². The fraction of sp³-hybridized carbons (Fsp3) is 0.188. The van der Waals surface area contributed by atoms with Crippen molar-refractivity contribution in [1.29, 1.82) is 0 Å². The summed E-state index contributed by atoms with van der Waals surface area (Å²) in [5.74, 6) is 0. The molecule has 2 aromatic carbocycles. The summed E-state index contributed by atoms with van der Waals surface area (Å²) < 4.78 is 28.1. The summed E-state index contributed by atoms with van der Waals surface area (Å²) in [6.07, 6.45) is 0. The van der Waals surface area contributed by atoms with Crippen molar-refractivity contribution in [3.05, 3.63) is 52.0 Å². The molecule has 0 bridgehead atoms. The van der Waals surface area contributed by atoms with Crippen molar-refractivity contribution in [1.82, 2.24) is 4.98 Å². The largest absolute Gasteiger partial charge is 0.269 e. The summed E-state index contributed by atoms with van der Waals surface area (Å²) in [7, 11) is -2.14. The van der Waals surface area contributed by atoms with Crippen molar-refractivity contribution >= 4 is 48.9 Å². The Morgan fingerprint density at radius 3 is 2.65 bits per heavy atom. The molecule has 23 heavy (non-hydrogen) atoms. The van der Waals surface area contributed by atoms with Crippen molar-refractivity contribution in [2.45, 2.75) is 18.7 Å². The van der Waals surface area contributed by atoms with Crippen molar-refractivity contribution in [3.8, 4) is 0 Å². The molecule has 0 saturated heterocycles. The monoisotopic (exact) mass is 366 g/mol. The molecule has 0 saturated carbocycles. The Morgan fingerprint density at radius 2 is 1.91 bits per heavy atom. The van der Waals surface area contributed by atoms with Gasteiger partial charge in [-0.05, 0) is 49.7 Å². The third-order valence-electron chi connectivity index (χ3n) is 3.70. The molecule has 1 heterocycles. The molecule has 120 valence electrons. The highest BCUT2D eigenvalue weighted by atomic mass is 35.5. The van der Waals surface area contributed by atoms with Crippen LogP contribution >= 0.6 is 22.9 Å². The van der Waals surface area contributed by atoms with E-state index in [9.17, 15) is 8.42 Å². The van der Waals surface area contributed by atoms with E-state index < -0.39 is 10.0 Å². The van der Waals surface area contributed by atoms with Gasteiger partial charge in [-0.3, -0.25) is 4.31 Å². The lowest BCUT2D eigenvalue weighted by Gasteiger charge is -2.21. The first kappa shape index (κ1) is 16.2. The maximum atomic E-state index is 12.9. The first-order valence-corrected chi connectivity index (χ1v) is 9.55. The van der Waals surface area contributed by atoms with Gasteiger partial charge >= 0.3 is 0 Å². The number of fused-ring (bicyclic) bond motifs is 1. The number of nitrogens with zero attached hydrogens (tertiary/aromatic N) is 2. The number of benzene rings is 2. The van der Waals surface area contributed by atoms with E-state index in [0.717, 1.165) is 15.2 Å². The van der Waals surface area contributed by atoms with Crippen LogP contribution in [0.1, 0.15) is 10.6 Å². The number of aryl methyl sites for hydroxylation is 1. The second kappa shape index (κ2) is 5.78. The standard InChI is InChI=1S/C16H15ClN2O2S2/c1-10-13(17)5-4-6-16(10)23(20,21)19(3)12-7-8-15-14(9-12)18-11(2)22-15/h4-9H,1-3H3. The molecule has 0 atom stereocenters. The normalized spacial score (nSPS) is 11.8. The zero-order valence-corrected chi connectivity index (χ0v) is 15.3. The van der Waals surface area contributed by atoms with Gasteiger partial charge in [0.25, 0.3) is 10.0 Å². The van der Waals surface area contributed by atoms with Crippen LogP contribution in [0.15, 0.2) is 41.3 Å². The smallest absolute Gasteiger partial charge is 0.264 e. The molecule has 4 nitrogen and oxygen atoms in total. The quantitative estimate of drug-likeness (QED) is 0.690. The maximum absolute atomic E-state index is 12.9. The van der Waals surface area contributed by atoms with Crippen LogP contribution in [0.25, 0.3) is 10.2 Å². The summed E-state index contributed by atoms with van der Waals surface area (Å²) in [5, 5.41) is 1.39. The number of hydrogen-bond acceptors (Lipinski definition) is 4. The molecule has 3 rings (SSSR count).